The molecular weight excluding hydrogens is 600 g/mol. The van der Waals surface area contributed by atoms with Crippen molar-refractivity contribution < 1.29 is 61.7 Å². The molecule has 4 rings (SSSR count). The summed E-state index contributed by atoms with van der Waals surface area (Å²) in [6.07, 6.45) is 5.49. The fraction of sp³-hybridized carbons (Fsp3) is 0.292. The molecule has 30 heavy (non-hydrogen) atoms. The molecule has 0 aliphatic carbocycles. The van der Waals surface area contributed by atoms with Gasteiger partial charge in [0.15, 0.2) is 18.5 Å². The van der Waals surface area contributed by atoms with Crippen LogP contribution in [0.3, 0.4) is 0 Å². The number of anilines is 1. The minimum absolute atomic E-state index is 0. The Bertz CT molecular complexity index is 1040. The molecule has 6 heteroatoms. The number of aryl methyl sites for hydroxylation is 1. The second kappa shape index (κ2) is 10.3. The monoisotopic (exact) mass is 629 g/mol. The number of aromatic nitrogens is 1. The predicted molar refractivity (Wildman–Crippen MR) is 115 cm³/mol. The molecule has 160 valence electrons. The van der Waals surface area contributed by atoms with E-state index in [1.807, 2.05) is 25.2 Å². The SMILES string of the molecule is CN1C(=Cc2cc[n+](CCC[N+](C)(C)C)c3ccccc23)Oc2ccccc21.[I-].[I-]. The first-order valence-electron chi connectivity index (χ1n) is 9.86. The molecule has 0 bridgehead atoms. The zero-order valence-electron chi connectivity index (χ0n) is 18.0. The van der Waals surface area contributed by atoms with Crippen molar-refractivity contribution in [3.05, 3.63) is 72.2 Å². The van der Waals surface area contributed by atoms with Crippen LogP contribution in [0.1, 0.15) is 12.0 Å². The third kappa shape index (κ3) is 5.45. The van der Waals surface area contributed by atoms with E-state index in [1.165, 1.54) is 16.5 Å². The van der Waals surface area contributed by atoms with Crippen molar-refractivity contribution in [3.63, 3.8) is 0 Å². The Morgan fingerprint density at radius 3 is 2.40 bits per heavy atom. The highest BCUT2D eigenvalue weighted by Crippen LogP contribution is 2.38. The maximum atomic E-state index is 6.08. The number of rotatable bonds is 5. The van der Waals surface area contributed by atoms with Crippen LogP contribution < -0.4 is 62.2 Å². The standard InChI is InChI=1S/C24H29N3O.2HI/c1-25-22-12-7-8-13-23(22)28-24(25)18-19-14-16-26(15-9-17-27(2,3)4)21-11-6-5-10-20(19)21;;/h5-8,10-14,16,18H,9,15,17H2,1-4H3;2*1H/q+2;;/p-2. The second-order valence-electron chi connectivity index (χ2n) is 8.46. The fourth-order valence-corrected chi connectivity index (χ4v) is 3.72. The van der Waals surface area contributed by atoms with E-state index >= 15 is 0 Å². The van der Waals surface area contributed by atoms with Crippen LogP contribution in [0.2, 0.25) is 0 Å². The largest absolute Gasteiger partial charge is 1.00 e. The van der Waals surface area contributed by atoms with E-state index in [1.54, 1.807) is 0 Å². The Labute approximate surface area is 213 Å². The zero-order chi connectivity index (χ0) is 19.7. The summed E-state index contributed by atoms with van der Waals surface area (Å²) < 4.78 is 9.44. The van der Waals surface area contributed by atoms with E-state index < -0.39 is 0 Å². The van der Waals surface area contributed by atoms with Gasteiger partial charge in [0.2, 0.25) is 11.4 Å². The van der Waals surface area contributed by atoms with Gasteiger partial charge in [-0.3, -0.25) is 0 Å². The summed E-state index contributed by atoms with van der Waals surface area (Å²) in [4.78, 5) is 2.10. The Kier molecular flexibility index (Phi) is 8.52. The van der Waals surface area contributed by atoms with Gasteiger partial charge in [-0.05, 0) is 23.8 Å². The average molecular weight is 629 g/mol. The molecule has 3 aromatic rings. The Morgan fingerprint density at radius 2 is 1.67 bits per heavy atom. The number of halogens is 2. The van der Waals surface area contributed by atoms with Gasteiger partial charge in [0.05, 0.1) is 45.2 Å². The van der Waals surface area contributed by atoms with Gasteiger partial charge >= 0.3 is 0 Å². The molecule has 0 unspecified atom stereocenters. The number of hydrogen-bond donors (Lipinski definition) is 0. The molecular formula is C24H29I2N3O. The van der Waals surface area contributed by atoms with Crippen LogP contribution in [0.25, 0.3) is 17.0 Å². The summed E-state index contributed by atoms with van der Waals surface area (Å²) in [6.45, 7) is 2.18. The predicted octanol–water partition coefficient (Wildman–Crippen LogP) is -1.94. The van der Waals surface area contributed by atoms with Crippen molar-refractivity contribution in [3.8, 4) is 5.75 Å². The summed E-state index contributed by atoms with van der Waals surface area (Å²) in [5.41, 5.74) is 3.54. The summed E-state index contributed by atoms with van der Waals surface area (Å²) in [5, 5.41) is 1.25. The molecule has 1 aliphatic rings. The van der Waals surface area contributed by atoms with Crippen LogP contribution in [0.15, 0.2) is 66.7 Å². The van der Waals surface area contributed by atoms with Gasteiger partial charge in [0.25, 0.3) is 0 Å². The van der Waals surface area contributed by atoms with Crippen molar-refractivity contribution in [2.75, 3.05) is 39.6 Å². The van der Waals surface area contributed by atoms with Gasteiger partial charge in [-0.15, -0.1) is 0 Å². The lowest BCUT2D eigenvalue weighted by molar-refractivity contribution is -0.873. The molecule has 2 aromatic carbocycles. The quantitative estimate of drug-likeness (QED) is 0.186. The van der Waals surface area contributed by atoms with Gasteiger partial charge in [-0.2, -0.15) is 4.57 Å². The minimum atomic E-state index is 0. The highest BCUT2D eigenvalue weighted by molar-refractivity contribution is 5.86. The van der Waals surface area contributed by atoms with Gasteiger partial charge < -0.3 is 62.1 Å². The first-order chi connectivity index (χ1) is 13.4. The van der Waals surface area contributed by atoms with Gasteiger partial charge in [-0.25, -0.2) is 0 Å². The normalized spacial score (nSPS) is 14.1. The number of hydrogen-bond acceptors (Lipinski definition) is 2. The Morgan fingerprint density at radius 1 is 0.967 bits per heavy atom. The molecule has 0 atom stereocenters. The van der Waals surface area contributed by atoms with Crippen molar-refractivity contribution in [1.29, 1.82) is 0 Å². The summed E-state index contributed by atoms with van der Waals surface area (Å²) in [5.74, 6) is 1.76. The summed E-state index contributed by atoms with van der Waals surface area (Å²) in [7, 11) is 8.78. The number of ether oxygens (including phenoxy) is 1. The molecule has 0 amide bonds. The Hall–Kier alpha value is -1.39. The van der Waals surface area contributed by atoms with Crippen LogP contribution in [-0.2, 0) is 6.54 Å². The first-order valence-corrected chi connectivity index (χ1v) is 9.86. The first kappa shape index (κ1) is 24.9. The summed E-state index contributed by atoms with van der Waals surface area (Å²) in [6, 6.07) is 19.0. The third-order valence-electron chi connectivity index (χ3n) is 5.24. The molecule has 2 heterocycles. The molecule has 0 fully saturated rings. The van der Waals surface area contributed by atoms with E-state index in [2.05, 4.69) is 79.3 Å². The van der Waals surface area contributed by atoms with E-state index in [9.17, 15) is 0 Å². The van der Waals surface area contributed by atoms with Gasteiger partial charge in [0, 0.05) is 25.3 Å². The molecule has 0 radical (unpaired) electrons. The number of benzene rings is 2. The lowest BCUT2D eigenvalue weighted by atomic mass is 10.1. The van der Waals surface area contributed by atoms with E-state index in [-0.39, 0.29) is 48.0 Å². The average Bonchev–Trinajstić information content (AvgIpc) is 2.98. The maximum Gasteiger partial charge on any atom is 0.213 e. The van der Waals surface area contributed by atoms with Crippen LogP contribution >= 0.6 is 0 Å². The van der Waals surface area contributed by atoms with Crippen molar-refractivity contribution in [1.82, 2.24) is 0 Å². The molecule has 0 spiro atoms. The smallest absolute Gasteiger partial charge is 0.213 e. The molecule has 4 nitrogen and oxygen atoms in total. The molecule has 1 aromatic heterocycles. The molecule has 1 aliphatic heterocycles. The fourth-order valence-electron chi connectivity index (χ4n) is 3.72. The molecule has 0 N–H and O–H groups in total. The Balaban J connectivity index is 0.00000160. The van der Waals surface area contributed by atoms with Crippen molar-refractivity contribution in [2.45, 2.75) is 13.0 Å². The van der Waals surface area contributed by atoms with Crippen LogP contribution in [-0.4, -0.2) is 39.2 Å². The number of fused-ring (bicyclic) bond motifs is 2. The second-order valence-corrected chi connectivity index (χ2v) is 8.46. The number of quaternary nitrogens is 1. The lowest BCUT2D eigenvalue weighted by Gasteiger charge is -2.22. The number of nitrogens with zero attached hydrogens (tertiary/aromatic N) is 3. The van der Waals surface area contributed by atoms with Crippen LogP contribution in [0.5, 0.6) is 5.75 Å². The maximum absolute atomic E-state index is 6.08. The molecule has 0 saturated heterocycles. The highest BCUT2D eigenvalue weighted by Gasteiger charge is 2.23. The zero-order valence-corrected chi connectivity index (χ0v) is 22.3. The lowest BCUT2D eigenvalue weighted by Crippen LogP contribution is -3.00. The molecule has 0 saturated carbocycles. The highest BCUT2D eigenvalue weighted by atomic mass is 127. The number of pyridine rings is 1. The topological polar surface area (TPSA) is 16.4 Å². The summed E-state index contributed by atoms with van der Waals surface area (Å²) >= 11 is 0. The van der Waals surface area contributed by atoms with Gasteiger partial charge in [-0.1, -0.05) is 24.3 Å². The van der Waals surface area contributed by atoms with Crippen LogP contribution in [0.4, 0.5) is 5.69 Å². The van der Waals surface area contributed by atoms with Crippen molar-refractivity contribution >= 4 is 22.7 Å². The minimum Gasteiger partial charge on any atom is -1.00 e. The third-order valence-corrected chi connectivity index (χ3v) is 5.24. The number of para-hydroxylation sites is 3. The van der Waals surface area contributed by atoms with E-state index in [0.29, 0.717) is 0 Å². The van der Waals surface area contributed by atoms with Crippen LogP contribution in [0, 0.1) is 0 Å². The van der Waals surface area contributed by atoms with E-state index in [0.717, 1.165) is 41.3 Å². The van der Waals surface area contributed by atoms with Gasteiger partial charge in [0.1, 0.15) is 0 Å². The van der Waals surface area contributed by atoms with Crippen molar-refractivity contribution in [2.24, 2.45) is 0 Å². The van der Waals surface area contributed by atoms with E-state index in [4.69, 9.17) is 4.74 Å².